The van der Waals surface area contributed by atoms with Gasteiger partial charge in [-0.2, -0.15) is 0 Å². The molecule has 0 unspecified atom stereocenters. The Morgan fingerprint density at radius 3 is 1.75 bits per heavy atom. The Labute approximate surface area is 212 Å². The Bertz CT molecular complexity index is 1720. The van der Waals surface area contributed by atoms with Gasteiger partial charge in [-0.05, 0) is 84.3 Å². The molecule has 0 heterocycles. The van der Waals surface area contributed by atoms with Crippen LogP contribution in [0.5, 0.6) is 0 Å². The SMILES string of the molecule is C=C(/C=C\CC)c1cccc(-c2c3ccccc3c(-c3ccc4ccccc4c3)c3ccccc23)c1. The van der Waals surface area contributed by atoms with Gasteiger partial charge in [0.15, 0.2) is 0 Å². The molecule has 0 N–H and O–H groups in total. The van der Waals surface area contributed by atoms with E-state index in [1.165, 1.54) is 54.6 Å². The van der Waals surface area contributed by atoms with E-state index in [1.807, 2.05) is 0 Å². The first-order valence-electron chi connectivity index (χ1n) is 12.6. The van der Waals surface area contributed by atoms with E-state index in [0.717, 1.165) is 17.6 Å². The van der Waals surface area contributed by atoms with Crippen molar-refractivity contribution >= 4 is 37.9 Å². The lowest BCUT2D eigenvalue weighted by Crippen LogP contribution is -1.91. The Morgan fingerprint density at radius 2 is 1.14 bits per heavy atom. The van der Waals surface area contributed by atoms with Gasteiger partial charge in [-0.3, -0.25) is 0 Å². The topological polar surface area (TPSA) is 0 Å². The molecule has 0 aromatic heterocycles. The van der Waals surface area contributed by atoms with Gasteiger partial charge in [0, 0.05) is 0 Å². The molecule has 6 aromatic carbocycles. The van der Waals surface area contributed by atoms with Gasteiger partial charge in [-0.25, -0.2) is 0 Å². The Morgan fingerprint density at radius 1 is 0.583 bits per heavy atom. The second-order valence-corrected chi connectivity index (χ2v) is 9.32. The summed E-state index contributed by atoms with van der Waals surface area (Å²) in [6.07, 6.45) is 5.29. The third kappa shape index (κ3) is 3.82. The van der Waals surface area contributed by atoms with Crippen LogP contribution in [0.3, 0.4) is 0 Å². The van der Waals surface area contributed by atoms with Crippen LogP contribution in [0.1, 0.15) is 18.9 Å². The van der Waals surface area contributed by atoms with E-state index in [9.17, 15) is 0 Å². The Kier molecular flexibility index (Phi) is 5.71. The van der Waals surface area contributed by atoms with E-state index < -0.39 is 0 Å². The van der Waals surface area contributed by atoms with Crippen LogP contribution in [-0.4, -0.2) is 0 Å². The minimum Gasteiger partial charge on any atom is -0.0912 e. The van der Waals surface area contributed by atoms with Crippen LogP contribution in [0, 0.1) is 0 Å². The van der Waals surface area contributed by atoms with Gasteiger partial charge < -0.3 is 0 Å². The van der Waals surface area contributed by atoms with Crippen molar-refractivity contribution in [3.63, 3.8) is 0 Å². The van der Waals surface area contributed by atoms with Crippen LogP contribution in [0.15, 0.2) is 134 Å². The molecule has 0 aliphatic carbocycles. The molecule has 0 fully saturated rings. The highest BCUT2D eigenvalue weighted by atomic mass is 14.2. The van der Waals surface area contributed by atoms with Crippen molar-refractivity contribution in [1.29, 1.82) is 0 Å². The standard InChI is InChI=1S/C36H28/c1-3-4-12-25(2)27-15-11-16-29(23-27)35-31-17-7-9-19-33(31)36(34-20-10-8-18-32(34)35)30-22-21-26-13-5-6-14-28(26)24-30/h4-24H,2-3H2,1H3/b12-4-. The maximum Gasteiger partial charge on any atom is -0.00262 e. The smallest absolute Gasteiger partial charge is 0.00262 e. The number of hydrogen-bond acceptors (Lipinski definition) is 0. The van der Waals surface area contributed by atoms with Crippen LogP contribution >= 0.6 is 0 Å². The highest BCUT2D eigenvalue weighted by molar-refractivity contribution is 6.21. The van der Waals surface area contributed by atoms with E-state index in [2.05, 4.69) is 141 Å². The summed E-state index contributed by atoms with van der Waals surface area (Å²) in [4.78, 5) is 0. The summed E-state index contributed by atoms with van der Waals surface area (Å²) in [5.74, 6) is 0. The molecule has 0 amide bonds. The summed E-state index contributed by atoms with van der Waals surface area (Å²) >= 11 is 0. The first kappa shape index (κ1) is 22.1. The van der Waals surface area contributed by atoms with Crippen molar-refractivity contribution in [2.24, 2.45) is 0 Å². The average molecular weight is 461 g/mol. The van der Waals surface area contributed by atoms with Crippen molar-refractivity contribution in [2.75, 3.05) is 0 Å². The molecule has 0 spiro atoms. The van der Waals surface area contributed by atoms with Crippen LogP contribution in [-0.2, 0) is 0 Å². The molecule has 36 heavy (non-hydrogen) atoms. The molecular weight excluding hydrogens is 432 g/mol. The number of hydrogen-bond donors (Lipinski definition) is 0. The number of rotatable bonds is 5. The molecule has 172 valence electrons. The third-order valence-electron chi connectivity index (χ3n) is 7.05. The molecule has 0 nitrogen and oxygen atoms in total. The fourth-order valence-corrected chi connectivity index (χ4v) is 5.33. The maximum atomic E-state index is 4.31. The predicted octanol–water partition coefficient (Wildman–Crippen LogP) is 10.5. The zero-order valence-corrected chi connectivity index (χ0v) is 20.5. The van der Waals surface area contributed by atoms with Crippen molar-refractivity contribution in [3.8, 4) is 22.3 Å². The number of benzene rings is 6. The summed E-state index contributed by atoms with van der Waals surface area (Å²) in [5.41, 5.74) is 7.24. The normalized spacial score (nSPS) is 11.6. The molecule has 6 aromatic rings. The van der Waals surface area contributed by atoms with Crippen LogP contribution < -0.4 is 0 Å². The molecular formula is C36H28. The maximum absolute atomic E-state index is 4.31. The number of allylic oxidation sites excluding steroid dienone is 3. The molecule has 0 saturated heterocycles. The second-order valence-electron chi connectivity index (χ2n) is 9.32. The fraction of sp³-hybridized carbons (Fsp3) is 0.0556. The van der Waals surface area contributed by atoms with E-state index in [0.29, 0.717) is 0 Å². The highest BCUT2D eigenvalue weighted by Gasteiger charge is 2.16. The summed E-state index contributed by atoms with van der Waals surface area (Å²) in [7, 11) is 0. The molecule has 0 bridgehead atoms. The fourth-order valence-electron chi connectivity index (χ4n) is 5.33. The zero-order valence-electron chi connectivity index (χ0n) is 20.5. The van der Waals surface area contributed by atoms with Crippen molar-refractivity contribution in [3.05, 3.63) is 140 Å². The van der Waals surface area contributed by atoms with E-state index >= 15 is 0 Å². The van der Waals surface area contributed by atoms with E-state index in [4.69, 9.17) is 0 Å². The van der Waals surface area contributed by atoms with Gasteiger partial charge >= 0.3 is 0 Å². The molecule has 0 aliphatic heterocycles. The third-order valence-corrected chi connectivity index (χ3v) is 7.05. The number of fused-ring (bicyclic) bond motifs is 3. The predicted molar refractivity (Wildman–Crippen MR) is 158 cm³/mol. The molecule has 0 heteroatoms. The van der Waals surface area contributed by atoms with Crippen molar-refractivity contribution in [1.82, 2.24) is 0 Å². The van der Waals surface area contributed by atoms with E-state index in [-0.39, 0.29) is 0 Å². The largest absolute Gasteiger partial charge is 0.0912 e. The lowest BCUT2D eigenvalue weighted by atomic mass is 9.85. The van der Waals surface area contributed by atoms with Crippen LogP contribution in [0.25, 0.3) is 60.1 Å². The minimum absolute atomic E-state index is 1.00. The lowest BCUT2D eigenvalue weighted by Gasteiger charge is -2.18. The second kappa shape index (κ2) is 9.32. The summed E-state index contributed by atoms with van der Waals surface area (Å²) in [6.45, 7) is 6.46. The first-order chi connectivity index (χ1) is 17.7. The van der Waals surface area contributed by atoms with Crippen LogP contribution in [0.2, 0.25) is 0 Å². The van der Waals surface area contributed by atoms with E-state index in [1.54, 1.807) is 0 Å². The molecule has 0 radical (unpaired) electrons. The molecule has 0 saturated carbocycles. The van der Waals surface area contributed by atoms with Gasteiger partial charge in [0.05, 0.1) is 0 Å². The quantitative estimate of drug-likeness (QED) is 0.177. The minimum atomic E-state index is 1.00. The van der Waals surface area contributed by atoms with Crippen LogP contribution in [0.4, 0.5) is 0 Å². The zero-order chi connectivity index (χ0) is 24.5. The summed E-state index contributed by atoms with van der Waals surface area (Å²) < 4.78 is 0. The first-order valence-corrected chi connectivity index (χ1v) is 12.6. The van der Waals surface area contributed by atoms with Crippen molar-refractivity contribution in [2.45, 2.75) is 13.3 Å². The Hall–Kier alpha value is -4.42. The Balaban J connectivity index is 1.66. The lowest BCUT2D eigenvalue weighted by molar-refractivity contribution is 1.23. The monoisotopic (exact) mass is 460 g/mol. The van der Waals surface area contributed by atoms with Gasteiger partial charge in [-0.1, -0.05) is 129 Å². The van der Waals surface area contributed by atoms with Gasteiger partial charge in [0.1, 0.15) is 0 Å². The molecule has 6 rings (SSSR count). The van der Waals surface area contributed by atoms with Gasteiger partial charge in [-0.15, -0.1) is 0 Å². The summed E-state index contributed by atoms with van der Waals surface area (Å²) in [6, 6.07) is 41.9. The molecule has 0 aliphatic rings. The average Bonchev–Trinajstić information content (AvgIpc) is 2.94. The highest BCUT2D eigenvalue weighted by Crippen LogP contribution is 2.44. The summed E-state index contributed by atoms with van der Waals surface area (Å²) in [5, 5.41) is 7.62. The molecule has 0 atom stereocenters. The van der Waals surface area contributed by atoms with Crippen molar-refractivity contribution < 1.29 is 0 Å². The van der Waals surface area contributed by atoms with Gasteiger partial charge in [0.2, 0.25) is 0 Å². The van der Waals surface area contributed by atoms with Gasteiger partial charge in [0.25, 0.3) is 0 Å².